The van der Waals surface area contributed by atoms with Crippen molar-refractivity contribution in [2.45, 2.75) is 13.3 Å². The van der Waals surface area contributed by atoms with Gasteiger partial charge < -0.3 is 9.67 Å². The van der Waals surface area contributed by atoms with Gasteiger partial charge >= 0.3 is 5.97 Å². The van der Waals surface area contributed by atoms with Gasteiger partial charge in [0.1, 0.15) is 5.69 Å². The van der Waals surface area contributed by atoms with Crippen molar-refractivity contribution in [2.24, 2.45) is 7.05 Å². The third-order valence-corrected chi connectivity index (χ3v) is 2.35. The zero-order valence-corrected chi connectivity index (χ0v) is 8.06. The number of imidazole rings is 2. The number of hydrogen-bond acceptors (Lipinski definition) is 2. The van der Waals surface area contributed by atoms with Gasteiger partial charge in [0.05, 0.1) is 6.20 Å². The van der Waals surface area contributed by atoms with Gasteiger partial charge in [-0.15, -0.1) is 0 Å². The molecule has 0 unspecified atom stereocenters. The van der Waals surface area contributed by atoms with Crippen LogP contribution in [0.5, 0.6) is 0 Å². The minimum atomic E-state index is -0.931. The van der Waals surface area contributed by atoms with Gasteiger partial charge in [0.25, 0.3) is 0 Å². The van der Waals surface area contributed by atoms with E-state index in [-0.39, 0.29) is 5.69 Å². The number of carbonyl (C=O) groups is 1. The Kier molecular flexibility index (Phi) is 1.80. The van der Waals surface area contributed by atoms with Gasteiger partial charge in [-0.05, 0) is 6.42 Å². The van der Waals surface area contributed by atoms with E-state index in [4.69, 9.17) is 5.11 Å². The maximum atomic E-state index is 10.8. The normalized spacial score (nSPS) is 11.0. The Balaban J connectivity index is 2.74. The summed E-state index contributed by atoms with van der Waals surface area (Å²) < 4.78 is 3.38. The number of aromatic nitrogens is 3. The van der Waals surface area contributed by atoms with Crippen LogP contribution in [-0.2, 0) is 13.5 Å². The summed E-state index contributed by atoms with van der Waals surface area (Å²) in [5.74, 6) is -0.265. The lowest BCUT2D eigenvalue weighted by Crippen LogP contribution is -2.03. The monoisotopic (exact) mass is 193 g/mol. The summed E-state index contributed by atoms with van der Waals surface area (Å²) >= 11 is 0. The first-order chi connectivity index (χ1) is 6.65. The summed E-state index contributed by atoms with van der Waals surface area (Å²) in [7, 11) is 1.70. The molecular formula is C9H11N3O2. The smallest absolute Gasteiger partial charge is 0.354 e. The highest BCUT2D eigenvalue weighted by atomic mass is 16.4. The molecule has 5 nitrogen and oxygen atoms in total. The van der Waals surface area contributed by atoms with Gasteiger partial charge in [0, 0.05) is 18.9 Å². The van der Waals surface area contributed by atoms with Gasteiger partial charge in [0.2, 0.25) is 5.78 Å². The van der Waals surface area contributed by atoms with Gasteiger partial charge in [-0.25, -0.2) is 9.78 Å². The van der Waals surface area contributed by atoms with Crippen LogP contribution >= 0.6 is 0 Å². The van der Waals surface area contributed by atoms with Crippen LogP contribution in [0.3, 0.4) is 0 Å². The molecule has 2 heterocycles. The largest absolute Gasteiger partial charge is 0.477 e. The fourth-order valence-corrected chi connectivity index (χ4v) is 1.55. The maximum absolute atomic E-state index is 10.8. The van der Waals surface area contributed by atoms with Crippen LogP contribution in [0.25, 0.3) is 5.78 Å². The molecule has 0 aromatic carbocycles. The van der Waals surface area contributed by atoms with Crippen molar-refractivity contribution in [3.8, 4) is 0 Å². The molecule has 14 heavy (non-hydrogen) atoms. The second-order valence-electron chi connectivity index (χ2n) is 3.15. The van der Waals surface area contributed by atoms with Crippen LogP contribution in [-0.4, -0.2) is 25.0 Å². The first-order valence-electron chi connectivity index (χ1n) is 4.40. The van der Waals surface area contributed by atoms with Gasteiger partial charge in [-0.2, -0.15) is 0 Å². The molecule has 1 N–H and O–H groups in total. The van der Waals surface area contributed by atoms with Crippen molar-refractivity contribution < 1.29 is 9.90 Å². The number of aromatic carboxylic acids is 1. The predicted octanol–water partition coefficient (Wildman–Crippen LogP) is 0.933. The number of hydrogen-bond donors (Lipinski definition) is 1. The molecule has 0 saturated heterocycles. The van der Waals surface area contributed by atoms with Crippen molar-refractivity contribution in [3.63, 3.8) is 0 Å². The van der Waals surface area contributed by atoms with Crippen LogP contribution in [0.2, 0.25) is 0 Å². The quantitative estimate of drug-likeness (QED) is 0.771. The summed E-state index contributed by atoms with van der Waals surface area (Å²) in [6.07, 6.45) is 4.20. The van der Waals surface area contributed by atoms with E-state index in [0.29, 0.717) is 5.78 Å². The van der Waals surface area contributed by atoms with Crippen LogP contribution < -0.4 is 0 Å². The Labute approximate surface area is 80.6 Å². The summed E-state index contributed by atoms with van der Waals surface area (Å²) in [6.45, 7) is 2.01. The Hall–Kier alpha value is -1.78. The third-order valence-electron chi connectivity index (χ3n) is 2.35. The highest BCUT2D eigenvalue weighted by molar-refractivity contribution is 5.86. The fraction of sp³-hybridized carbons (Fsp3) is 0.333. The third kappa shape index (κ3) is 1.02. The van der Waals surface area contributed by atoms with Crippen molar-refractivity contribution in [2.75, 3.05) is 0 Å². The molecule has 2 aromatic rings. The van der Waals surface area contributed by atoms with Crippen molar-refractivity contribution >= 4 is 11.7 Å². The predicted molar refractivity (Wildman–Crippen MR) is 50.5 cm³/mol. The zero-order chi connectivity index (χ0) is 10.3. The first-order valence-corrected chi connectivity index (χ1v) is 4.40. The Morgan fingerprint density at radius 2 is 2.36 bits per heavy atom. The second-order valence-corrected chi connectivity index (χ2v) is 3.15. The number of carboxylic acids is 1. The molecule has 5 heteroatoms. The molecule has 0 amide bonds. The van der Waals surface area contributed by atoms with E-state index in [2.05, 4.69) is 4.98 Å². The molecule has 0 atom stereocenters. The van der Waals surface area contributed by atoms with E-state index < -0.39 is 5.97 Å². The van der Waals surface area contributed by atoms with E-state index in [1.165, 1.54) is 0 Å². The molecule has 74 valence electrons. The molecule has 0 fully saturated rings. The highest BCUT2D eigenvalue weighted by Gasteiger charge is 2.14. The highest BCUT2D eigenvalue weighted by Crippen LogP contribution is 2.11. The van der Waals surface area contributed by atoms with Crippen molar-refractivity contribution in [1.82, 2.24) is 14.0 Å². The Morgan fingerprint density at radius 3 is 2.93 bits per heavy atom. The lowest BCUT2D eigenvalue weighted by molar-refractivity contribution is 0.0687. The standard InChI is InChI=1S/C9H11N3O2/c1-3-6-4-10-9-11(2)7(8(13)14)5-12(6)9/h4-5H,3H2,1-2H3,(H,13,14). The lowest BCUT2D eigenvalue weighted by Gasteiger charge is -1.93. The summed E-state index contributed by atoms with van der Waals surface area (Å²) in [5.41, 5.74) is 1.27. The second kappa shape index (κ2) is 2.87. The first kappa shape index (κ1) is 8.80. The molecule has 0 aliphatic heterocycles. The summed E-state index contributed by atoms with van der Waals surface area (Å²) in [6, 6.07) is 0. The molecule has 0 saturated carbocycles. The fourth-order valence-electron chi connectivity index (χ4n) is 1.55. The number of aryl methyl sites for hydroxylation is 2. The van der Waals surface area contributed by atoms with E-state index in [1.54, 1.807) is 24.0 Å². The SMILES string of the molecule is CCc1cnc2n(C)c(C(=O)O)cn12. The molecular weight excluding hydrogens is 182 g/mol. The minimum Gasteiger partial charge on any atom is -0.477 e. The van der Waals surface area contributed by atoms with Crippen LogP contribution in [0.1, 0.15) is 23.1 Å². The molecule has 0 bridgehead atoms. The van der Waals surface area contributed by atoms with Crippen LogP contribution in [0.15, 0.2) is 12.4 Å². The minimum absolute atomic E-state index is 0.253. The molecule has 2 aromatic heterocycles. The topological polar surface area (TPSA) is 59.5 Å². The van der Waals surface area contributed by atoms with E-state index in [1.807, 2.05) is 11.3 Å². The molecule has 0 spiro atoms. The average molecular weight is 193 g/mol. The molecule has 0 aliphatic rings. The van der Waals surface area contributed by atoms with E-state index >= 15 is 0 Å². The number of fused-ring (bicyclic) bond motifs is 1. The molecule has 2 rings (SSSR count). The van der Waals surface area contributed by atoms with Crippen LogP contribution in [0.4, 0.5) is 0 Å². The van der Waals surface area contributed by atoms with Crippen molar-refractivity contribution in [1.29, 1.82) is 0 Å². The van der Waals surface area contributed by atoms with Gasteiger partial charge in [0.15, 0.2) is 0 Å². The summed E-state index contributed by atoms with van der Waals surface area (Å²) in [4.78, 5) is 15.0. The zero-order valence-electron chi connectivity index (χ0n) is 8.06. The van der Waals surface area contributed by atoms with Crippen LogP contribution in [0, 0.1) is 0 Å². The average Bonchev–Trinajstić information content (AvgIpc) is 2.66. The Bertz CT molecular complexity index is 495. The van der Waals surface area contributed by atoms with Gasteiger partial charge in [-0.3, -0.25) is 4.40 Å². The number of carboxylic acid groups (broad SMARTS) is 1. The number of rotatable bonds is 2. The van der Waals surface area contributed by atoms with Crippen molar-refractivity contribution in [3.05, 3.63) is 23.8 Å². The number of nitrogens with zero attached hydrogens (tertiary/aromatic N) is 3. The maximum Gasteiger partial charge on any atom is 0.354 e. The van der Waals surface area contributed by atoms with Gasteiger partial charge in [-0.1, -0.05) is 6.92 Å². The molecule has 0 aliphatic carbocycles. The van der Waals surface area contributed by atoms with E-state index in [0.717, 1.165) is 12.1 Å². The summed E-state index contributed by atoms with van der Waals surface area (Å²) in [5, 5.41) is 8.89. The Morgan fingerprint density at radius 1 is 1.64 bits per heavy atom. The van der Waals surface area contributed by atoms with E-state index in [9.17, 15) is 4.79 Å². The lowest BCUT2D eigenvalue weighted by atomic mass is 10.4. The molecule has 0 radical (unpaired) electrons.